The molecule has 1 aromatic rings. The van der Waals surface area contributed by atoms with Gasteiger partial charge in [0.1, 0.15) is 0 Å². The van der Waals surface area contributed by atoms with E-state index in [2.05, 4.69) is 0 Å². The van der Waals surface area contributed by atoms with Crippen LogP contribution in [0.2, 0.25) is 0 Å². The van der Waals surface area contributed by atoms with E-state index in [-0.39, 0.29) is 17.4 Å². The van der Waals surface area contributed by atoms with Gasteiger partial charge in [0.15, 0.2) is 0 Å². The number of benzene rings is 1. The van der Waals surface area contributed by atoms with Gasteiger partial charge in [0.2, 0.25) is 5.75 Å². The second-order valence-electron chi connectivity index (χ2n) is 4.87. The average molecular weight is 300 g/mol. The van der Waals surface area contributed by atoms with Gasteiger partial charge >= 0.3 is 16.0 Å². The summed E-state index contributed by atoms with van der Waals surface area (Å²) in [5.74, 6) is 0.00334. The highest BCUT2D eigenvalue weighted by Crippen LogP contribution is 2.29. The predicted molar refractivity (Wildman–Crippen MR) is 72.6 cm³/mol. The van der Waals surface area contributed by atoms with E-state index in [1.807, 2.05) is 6.92 Å². The first-order chi connectivity index (χ1) is 9.40. The summed E-state index contributed by atoms with van der Waals surface area (Å²) in [6, 6.07) is 5.45. The maximum absolute atomic E-state index is 12.2. The molecule has 1 aliphatic rings. The summed E-state index contributed by atoms with van der Waals surface area (Å²) in [5, 5.41) is 10.9. The summed E-state index contributed by atoms with van der Waals surface area (Å²) >= 11 is 0. The highest BCUT2D eigenvalue weighted by atomic mass is 32.2. The van der Waals surface area contributed by atoms with Gasteiger partial charge < -0.3 is 4.18 Å². The van der Waals surface area contributed by atoms with Crippen molar-refractivity contribution in [3.8, 4) is 5.75 Å². The zero-order chi connectivity index (χ0) is 14.8. The molecule has 1 heterocycles. The molecule has 20 heavy (non-hydrogen) atoms. The van der Waals surface area contributed by atoms with Gasteiger partial charge in [0.05, 0.1) is 4.92 Å². The van der Waals surface area contributed by atoms with Crippen molar-refractivity contribution in [1.29, 1.82) is 0 Å². The summed E-state index contributed by atoms with van der Waals surface area (Å²) in [5.41, 5.74) is -0.360. The van der Waals surface area contributed by atoms with Crippen molar-refractivity contribution in [3.63, 3.8) is 0 Å². The Hall–Kier alpha value is -1.67. The molecular weight excluding hydrogens is 284 g/mol. The van der Waals surface area contributed by atoms with Crippen LogP contribution in [-0.2, 0) is 10.3 Å². The Bertz CT molecular complexity index is 602. The highest BCUT2D eigenvalue weighted by molar-refractivity contribution is 7.84. The van der Waals surface area contributed by atoms with Crippen LogP contribution in [0, 0.1) is 16.0 Å². The van der Waals surface area contributed by atoms with Crippen LogP contribution in [0.4, 0.5) is 5.69 Å². The number of hydrogen-bond donors (Lipinski definition) is 0. The Balaban J connectivity index is 2.22. The van der Waals surface area contributed by atoms with Crippen molar-refractivity contribution in [2.24, 2.45) is 5.92 Å². The van der Waals surface area contributed by atoms with Crippen LogP contribution in [-0.4, -0.2) is 30.7 Å². The fourth-order valence-corrected chi connectivity index (χ4v) is 3.46. The van der Waals surface area contributed by atoms with Gasteiger partial charge in [-0.1, -0.05) is 19.1 Å². The lowest BCUT2D eigenvalue weighted by Gasteiger charge is -2.29. The molecule has 0 amide bonds. The molecule has 0 radical (unpaired) electrons. The number of nitro benzene ring substituents is 1. The van der Waals surface area contributed by atoms with E-state index in [9.17, 15) is 18.5 Å². The van der Waals surface area contributed by atoms with Crippen LogP contribution in [0.15, 0.2) is 24.3 Å². The summed E-state index contributed by atoms with van der Waals surface area (Å²) < 4.78 is 30.5. The molecule has 1 fully saturated rings. The molecule has 0 saturated carbocycles. The molecule has 110 valence electrons. The third kappa shape index (κ3) is 3.26. The molecule has 0 aliphatic carbocycles. The number of nitro groups is 1. The monoisotopic (exact) mass is 300 g/mol. The van der Waals surface area contributed by atoms with Gasteiger partial charge in [-0.15, -0.1) is 0 Å². The third-order valence-corrected chi connectivity index (χ3v) is 4.55. The molecule has 1 aliphatic heterocycles. The lowest BCUT2D eigenvalue weighted by molar-refractivity contribution is -0.385. The zero-order valence-electron chi connectivity index (χ0n) is 11.1. The number of hydrogen-bond acceptors (Lipinski definition) is 5. The van der Waals surface area contributed by atoms with Crippen molar-refractivity contribution < 1.29 is 17.5 Å². The molecule has 0 aromatic heterocycles. The number of para-hydroxylation sites is 2. The zero-order valence-corrected chi connectivity index (χ0v) is 11.9. The summed E-state index contributed by atoms with van der Waals surface area (Å²) in [4.78, 5) is 10.2. The maximum atomic E-state index is 12.2. The molecule has 2 rings (SSSR count). The lowest BCUT2D eigenvalue weighted by Crippen LogP contribution is -2.41. The normalized spacial score (nSPS) is 20.6. The van der Waals surface area contributed by atoms with Crippen LogP contribution in [0.25, 0.3) is 0 Å². The fourth-order valence-electron chi connectivity index (χ4n) is 2.19. The summed E-state index contributed by atoms with van der Waals surface area (Å²) in [6.07, 6.45) is 1.73. The molecule has 1 saturated heterocycles. The molecular formula is C12H16N2O5S. The van der Waals surface area contributed by atoms with E-state index < -0.39 is 15.2 Å². The largest absolute Gasteiger partial charge is 0.385 e. The van der Waals surface area contributed by atoms with Crippen molar-refractivity contribution in [3.05, 3.63) is 34.4 Å². The van der Waals surface area contributed by atoms with Crippen molar-refractivity contribution >= 4 is 16.0 Å². The van der Waals surface area contributed by atoms with Crippen molar-refractivity contribution in [1.82, 2.24) is 4.31 Å². The standard InChI is InChI=1S/C12H16N2O5S/c1-10-5-4-8-13(9-10)20(17,18)19-12-7-3-2-6-11(12)14(15)16/h2-3,6-7,10H,4-5,8-9H2,1H3/t10-/m0/s1. The van der Waals surface area contributed by atoms with Gasteiger partial charge in [0.25, 0.3) is 0 Å². The number of piperidine rings is 1. The van der Waals surface area contributed by atoms with Crippen LogP contribution in [0.1, 0.15) is 19.8 Å². The second kappa shape index (κ2) is 5.76. The van der Waals surface area contributed by atoms with Gasteiger partial charge in [-0.25, -0.2) is 0 Å². The van der Waals surface area contributed by atoms with Crippen LogP contribution in [0.3, 0.4) is 0 Å². The quantitative estimate of drug-likeness (QED) is 0.626. The second-order valence-corrected chi connectivity index (χ2v) is 6.41. The smallest absolute Gasteiger partial charge is 0.363 e. The van der Waals surface area contributed by atoms with Gasteiger partial charge in [-0.2, -0.15) is 12.7 Å². The van der Waals surface area contributed by atoms with E-state index >= 15 is 0 Å². The van der Waals surface area contributed by atoms with Crippen molar-refractivity contribution in [2.45, 2.75) is 19.8 Å². The van der Waals surface area contributed by atoms with Gasteiger partial charge in [-0.05, 0) is 24.8 Å². The Kier molecular flexibility index (Phi) is 4.24. The lowest BCUT2D eigenvalue weighted by atomic mass is 10.0. The Morgan fingerprint density at radius 3 is 2.75 bits per heavy atom. The van der Waals surface area contributed by atoms with E-state index in [1.165, 1.54) is 28.6 Å². The van der Waals surface area contributed by atoms with E-state index in [0.717, 1.165) is 12.8 Å². The Labute approximate surface area is 117 Å². The van der Waals surface area contributed by atoms with E-state index in [1.54, 1.807) is 0 Å². The minimum Gasteiger partial charge on any atom is -0.363 e. The van der Waals surface area contributed by atoms with E-state index in [0.29, 0.717) is 13.1 Å². The molecule has 0 spiro atoms. The number of rotatable bonds is 4. The third-order valence-electron chi connectivity index (χ3n) is 3.19. The molecule has 1 atom stereocenters. The first-order valence-corrected chi connectivity index (χ1v) is 7.69. The molecule has 0 unspecified atom stereocenters. The van der Waals surface area contributed by atoms with E-state index in [4.69, 9.17) is 4.18 Å². The topological polar surface area (TPSA) is 89.8 Å². The maximum Gasteiger partial charge on any atom is 0.385 e. The van der Waals surface area contributed by atoms with Gasteiger partial charge in [0, 0.05) is 19.2 Å². The Morgan fingerprint density at radius 2 is 2.10 bits per heavy atom. The van der Waals surface area contributed by atoms with Gasteiger partial charge in [-0.3, -0.25) is 10.1 Å². The minimum absolute atomic E-state index is 0.254. The first-order valence-electron chi connectivity index (χ1n) is 6.33. The fraction of sp³-hybridized carbons (Fsp3) is 0.500. The minimum atomic E-state index is -4.00. The van der Waals surface area contributed by atoms with Crippen LogP contribution in [0.5, 0.6) is 5.75 Å². The average Bonchev–Trinajstić information content (AvgIpc) is 2.38. The predicted octanol–water partition coefficient (Wildman–Crippen LogP) is 1.95. The number of nitrogens with zero attached hydrogens (tertiary/aromatic N) is 2. The molecule has 1 aromatic carbocycles. The summed E-state index contributed by atoms with van der Waals surface area (Å²) in [7, 11) is -4.00. The first kappa shape index (κ1) is 14.7. The molecule has 8 heteroatoms. The molecule has 7 nitrogen and oxygen atoms in total. The van der Waals surface area contributed by atoms with Crippen molar-refractivity contribution in [2.75, 3.05) is 13.1 Å². The molecule has 0 N–H and O–H groups in total. The summed E-state index contributed by atoms with van der Waals surface area (Å²) in [6.45, 7) is 2.73. The van der Waals surface area contributed by atoms with Crippen LogP contribution >= 0.6 is 0 Å². The highest BCUT2D eigenvalue weighted by Gasteiger charge is 2.30. The Morgan fingerprint density at radius 1 is 1.40 bits per heavy atom. The van der Waals surface area contributed by atoms with Crippen LogP contribution < -0.4 is 4.18 Å². The SMILES string of the molecule is C[C@H]1CCCN(S(=O)(=O)Oc2ccccc2[N+](=O)[O-])C1. The molecule has 0 bridgehead atoms.